The van der Waals surface area contributed by atoms with Crippen LogP contribution in [-0.4, -0.2) is 6.61 Å². The fourth-order valence-electron chi connectivity index (χ4n) is 5.06. The summed E-state index contributed by atoms with van der Waals surface area (Å²) in [5.74, 6) is 7.90. The molecule has 0 heterocycles. The third kappa shape index (κ3) is 6.21. The highest BCUT2D eigenvalue weighted by Gasteiger charge is 2.30. The zero-order valence-electron chi connectivity index (χ0n) is 18.1. The van der Waals surface area contributed by atoms with Crippen molar-refractivity contribution < 1.29 is 13.5 Å². The van der Waals surface area contributed by atoms with Gasteiger partial charge >= 0.3 is 0 Å². The molecule has 0 aromatic heterocycles. The van der Waals surface area contributed by atoms with Gasteiger partial charge in [-0.25, -0.2) is 8.78 Å². The molecule has 2 aliphatic rings. The normalized spacial score (nSPS) is 27.2. The van der Waals surface area contributed by atoms with E-state index in [0.717, 1.165) is 43.4 Å². The highest BCUT2D eigenvalue weighted by Crippen LogP contribution is 2.41. The van der Waals surface area contributed by atoms with Crippen LogP contribution in [0.4, 0.5) is 8.78 Å². The van der Waals surface area contributed by atoms with Crippen molar-refractivity contribution in [1.29, 1.82) is 0 Å². The lowest BCUT2D eigenvalue weighted by Crippen LogP contribution is -2.25. The summed E-state index contributed by atoms with van der Waals surface area (Å²) in [6, 6.07) is 2.51. The maximum absolute atomic E-state index is 14.3. The number of benzene rings is 1. The first-order valence-electron chi connectivity index (χ1n) is 11.7. The fraction of sp³-hybridized carbons (Fsp3) is 0.692. The van der Waals surface area contributed by atoms with E-state index in [0.29, 0.717) is 6.61 Å². The van der Waals surface area contributed by atoms with Crippen molar-refractivity contribution in [2.75, 3.05) is 6.61 Å². The zero-order chi connectivity index (χ0) is 20.6. The molecule has 0 spiro atoms. The smallest absolute Gasteiger partial charge is 0.145 e. The molecule has 1 nitrogen and oxygen atoms in total. The van der Waals surface area contributed by atoms with E-state index in [1.807, 2.05) is 6.92 Å². The summed E-state index contributed by atoms with van der Waals surface area (Å²) in [5, 5.41) is 0. The quantitative estimate of drug-likeness (QED) is 0.353. The Morgan fingerprint density at radius 2 is 1.48 bits per heavy atom. The predicted molar refractivity (Wildman–Crippen MR) is 115 cm³/mol. The molecule has 0 bridgehead atoms. The second kappa shape index (κ2) is 11.0. The number of rotatable bonds is 6. The van der Waals surface area contributed by atoms with Crippen LogP contribution < -0.4 is 4.74 Å². The van der Waals surface area contributed by atoms with Crippen LogP contribution in [0.1, 0.15) is 90.0 Å². The Balaban J connectivity index is 1.52. The third-order valence-electron chi connectivity index (χ3n) is 7.09. The number of hydrogen-bond acceptors (Lipinski definition) is 1. The number of halogens is 2. The van der Waals surface area contributed by atoms with Crippen LogP contribution in [-0.2, 0) is 0 Å². The van der Waals surface area contributed by atoms with Crippen LogP contribution in [0.5, 0.6) is 5.75 Å². The van der Waals surface area contributed by atoms with Crippen molar-refractivity contribution in [1.82, 2.24) is 0 Å². The highest BCUT2D eigenvalue weighted by atomic mass is 19.1. The van der Waals surface area contributed by atoms with Gasteiger partial charge in [-0.1, -0.05) is 51.4 Å². The Kier molecular flexibility index (Phi) is 8.40. The minimum absolute atomic E-state index is 0.118. The molecule has 3 heteroatoms. The van der Waals surface area contributed by atoms with Crippen molar-refractivity contribution in [3.63, 3.8) is 0 Å². The molecule has 2 aliphatic carbocycles. The van der Waals surface area contributed by atoms with Crippen molar-refractivity contribution in [3.8, 4) is 17.6 Å². The van der Waals surface area contributed by atoms with E-state index < -0.39 is 11.6 Å². The van der Waals surface area contributed by atoms with E-state index in [1.165, 1.54) is 57.1 Å². The number of ether oxygens (including phenoxy) is 1. The second-order valence-corrected chi connectivity index (χ2v) is 9.03. The molecule has 0 saturated heterocycles. The van der Waals surface area contributed by atoms with Gasteiger partial charge in [0.05, 0.1) is 12.2 Å². The Morgan fingerprint density at radius 1 is 0.897 bits per heavy atom. The van der Waals surface area contributed by atoms with E-state index in [9.17, 15) is 8.78 Å². The summed E-state index contributed by atoms with van der Waals surface area (Å²) in [4.78, 5) is 0. The summed E-state index contributed by atoms with van der Waals surface area (Å²) in [6.45, 7) is 4.84. The molecule has 0 atom stereocenters. The largest absolute Gasteiger partial charge is 0.493 e. The monoisotopic (exact) mass is 402 g/mol. The molecule has 2 saturated carbocycles. The van der Waals surface area contributed by atoms with Crippen LogP contribution in [0.2, 0.25) is 0 Å². The van der Waals surface area contributed by atoms with Gasteiger partial charge in [-0.2, -0.15) is 0 Å². The first kappa shape index (κ1) is 22.1. The Morgan fingerprint density at radius 3 is 2.03 bits per heavy atom. The van der Waals surface area contributed by atoms with E-state index >= 15 is 0 Å². The van der Waals surface area contributed by atoms with Gasteiger partial charge < -0.3 is 4.74 Å². The average Bonchev–Trinajstić information content (AvgIpc) is 2.74. The van der Waals surface area contributed by atoms with E-state index in [-0.39, 0.29) is 17.2 Å². The lowest BCUT2D eigenvalue weighted by Gasteiger charge is -2.36. The molecule has 0 unspecified atom stereocenters. The van der Waals surface area contributed by atoms with Crippen molar-refractivity contribution in [2.24, 2.45) is 23.7 Å². The number of unbranched alkanes of at least 4 members (excludes halogenated alkanes) is 1. The van der Waals surface area contributed by atoms with E-state index in [2.05, 4.69) is 18.8 Å². The van der Waals surface area contributed by atoms with Gasteiger partial charge in [0.15, 0.2) is 0 Å². The van der Waals surface area contributed by atoms with Gasteiger partial charge in [-0.3, -0.25) is 0 Å². The van der Waals surface area contributed by atoms with Gasteiger partial charge in [0, 0.05) is 18.1 Å². The van der Waals surface area contributed by atoms with Crippen molar-refractivity contribution in [2.45, 2.75) is 84.5 Å². The van der Waals surface area contributed by atoms with E-state index in [1.54, 1.807) is 0 Å². The molecule has 0 radical (unpaired) electrons. The van der Waals surface area contributed by atoms with Crippen LogP contribution in [0.15, 0.2) is 12.1 Å². The van der Waals surface area contributed by atoms with Crippen LogP contribution in [0, 0.1) is 47.1 Å². The predicted octanol–water partition coefficient (Wildman–Crippen LogP) is 7.52. The van der Waals surface area contributed by atoms with Crippen LogP contribution >= 0.6 is 0 Å². The van der Waals surface area contributed by atoms with Crippen LogP contribution in [0.25, 0.3) is 0 Å². The molecule has 29 heavy (non-hydrogen) atoms. The standard InChI is InChI=1S/C26H36F2O/c1-3-5-16-29-23-17-25(27)24(26(28)18-23)15-10-20-8-13-22(14-9-20)21-11-6-19(4-2)7-12-21/h17-22H,3-9,11-14,16H2,1-2H3. The van der Waals surface area contributed by atoms with Gasteiger partial charge in [-0.15, -0.1) is 0 Å². The maximum Gasteiger partial charge on any atom is 0.145 e. The fourth-order valence-corrected chi connectivity index (χ4v) is 5.06. The lowest BCUT2D eigenvalue weighted by molar-refractivity contribution is 0.156. The highest BCUT2D eigenvalue weighted by molar-refractivity contribution is 5.41. The molecule has 1 aromatic rings. The topological polar surface area (TPSA) is 9.23 Å². The molecular formula is C26H36F2O. The van der Waals surface area contributed by atoms with Gasteiger partial charge in [0.25, 0.3) is 0 Å². The summed E-state index contributed by atoms with van der Waals surface area (Å²) < 4.78 is 34.0. The summed E-state index contributed by atoms with van der Waals surface area (Å²) in [5.41, 5.74) is -0.118. The number of hydrogen-bond donors (Lipinski definition) is 0. The van der Waals surface area contributed by atoms with Crippen molar-refractivity contribution >= 4 is 0 Å². The Hall–Kier alpha value is -1.56. The molecule has 1 aromatic carbocycles. The third-order valence-corrected chi connectivity index (χ3v) is 7.09. The van der Waals surface area contributed by atoms with Gasteiger partial charge in [0.1, 0.15) is 17.4 Å². The second-order valence-electron chi connectivity index (χ2n) is 9.03. The van der Waals surface area contributed by atoms with Crippen LogP contribution in [0.3, 0.4) is 0 Å². The summed E-state index contributed by atoms with van der Waals surface area (Å²) >= 11 is 0. The Bertz CT molecular complexity index is 678. The first-order chi connectivity index (χ1) is 14.1. The lowest BCUT2D eigenvalue weighted by atomic mass is 9.69. The van der Waals surface area contributed by atoms with Gasteiger partial charge in [0.2, 0.25) is 0 Å². The molecule has 2 fully saturated rings. The minimum Gasteiger partial charge on any atom is -0.493 e. The molecule has 160 valence electrons. The first-order valence-corrected chi connectivity index (χ1v) is 11.7. The van der Waals surface area contributed by atoms with E-state index in [4.69, 9.17) is 4.74 Å². The Labute approximate surface area is 175 Å². The molecule has 0 amide bonds. The molecule has 0 aliphatic heterocycles. The zero-order valence-corrected chi connectivity index (χ0v) is 18.1. The SMILES string of the molecule is CCCCOc1cc(F)c(C#CC2CCC(C3CCC(CC)CC3)CC2)c(F)c1. The summed E-state index contributed by atoms with van der Waals surface area (Å²) in [7, 11) is 0. The van der Waals surface area contributed by atoms with Crippen molar-refractivity contribution in [3.05, 3.63) is 29.3 Å². The molecule has 0 N–H and O–H groups in total. The average molecular weight is 403 g/mol. The molecular weight excluding hydrogens is 366 g/mol. The summed E-state index contributed by atoms with van der Waals surface area (Å²) in [6.07, 6.45) is 13.3. The van der Waals surface area contributed by atoms with Gasteiger partial charge in [-0.05, 0) is 62.7 Å². The molecule has 3 rings (SSSR count). The maximum atomic E-state index is 14.3. The minimum atomic E-state index is -0.620.